The summed E-state index contributed by atoms with van der Waals surface area (Å²) in [7, 11) is 0. The molecule has 1 amide bonds. The average molecular weight is 455 g/mol. The maximum Gasteiger partial charge on any atom is 0.407 e. The lowest BCUT2D eigenvalue weighted by molar-refractivity contribution is -0.306. The van der Waals surface area contributed by atoms with E-state index >= 15 is 0 Å². The van der Waals surface area contributed by atoms with Gasteiger partial charge in [-0.15, -0.1) is 0 Å². The second-order valence-electron chi connectivity index (χ2n) is 7.26. The van der Waals surface area contributed by atoms with Crippen LogP contribution in [0.2, 0.25) is 10.0 Å². The van der Waals surface area contributed by atoms with E-state index in [4.69, 9.17) is 27.9 Å². The number of amides is 1. The van der Waals surface area contributed by atoms with E-state index in [0.29, 0.717) is 10.6 Å². The molecule has 31 heavy (non-hydrogen) atoms. The van der Waals surface area contributed by atoms with Crippen molar-refractivity contribution in [2.45, 2.75) is 18.4 Å². The predicted molar refractivity (Wildman–Crippen MR) is 117 cm³/mol. The molecule has 0 saturated heterocycles. The van der Waals surface area contributed by atoms with Crippen molar-refractivity contribution in [3.05, 3.63) is 93.5 Å². The first-order valence-electron chi connectivity index (χ1n) is 9.70. The summed E-state index contributed by atoms with van der Waals surface area (Å²) in [5.41, 5.74) is 4.83. The molecule has 0 saturated carbocycles. The van der Waals surface area contributed by atoms with E-state index in [1.54, 1.807) is 12.1 Å². The van der Waals surface area contributed by atoms with Crippen molar-refractivity contribution >= 4 is 35.3 Å². The van der Waals surface area contributed by atoms with E-state index in [2.05, 4.69) is 5.32 Å². The molecule has 1 atom stereocenters. The SMILES string of the molecule is O=C([O-])C[C@H](NC(=O)OCC1c2ccccc2-c2ccccc21)c1ccc(Cl)cc1Cl. The Kier molecular flexibility index (Phi) is 6.16. The Morgan fingerprint density at radius 3 is 2.16 bits per heavy atom. The number of carbonyl (C=O) groups excluding carboxylic acids is 2. The second-order valence-corrected chi connectivity index (χ2v) is 8.11. The number of fused-ring (bicyclic) bond motifs is 3. The largest absolute Gasteiger partial charge is 0.550 e. The van der Waals surface area contributed by atoms with Crippen LogP contribution in [-0.2, 0) is 9.53 Å². The molecule has 0 bridgehead atoms. The third-order valence-corrected chi connectivity index (χ3v) is 5.91. The van der Waals surface area contributed by atoms with Gasteiger partial charge in [-0.1, -0.05) is 77.8 Å². The zero-order chi connectivity index (χ0) is 22.0. The first-order valence-corrected chi connectivity index (χ1v) is 10.5. The van der Waals surface area contributed by atoms with Crippen molar-refractivity contribution in [1.82, 2.24) is 5.32 Å². The normalized spacial score (nSPS) is 13.2. The molecule has 3 aromatic carbocycles. The van der Waals surface area contributed by atoms with E-state index in [1.165, 1.54) is 6.07 Å². The van der Waals surface area contributed by atoms with E-state index in [0.717, 1.165) is 22.3 Å². The molecule has 5 nitrogen and oxygen atoms in total. The van der Waals surface area contributed by atoms with Gasteiger partial charge in [0.15, 0.2) is 0 Å². The number of alkyl carbamates (subject to hydrolysis) is 1. The van der Waals surface area contributed by atoms with Crippen LogP contribution < -0.4 is 10.4 Å². The highest BCUT2D eigenvalue weighted by atomic mass is 35.5. The molecular weight excluding hydrogens is 437 g/mol. The molecule has 1 aliphatic carbocycles. The molecule has 1 N–H and O–H groups in total. The molecule has 0 aliphatic heterocycles. The van der Waals surface area contributed by atoms with Gasteiger partial charge >= 0.3 is 6.09 Å². The Labute approximate surface area is 189 Å². The number of ether oxygens (including phenoxy) is 1. The smallest absolute Gasteiger partial charge is 0.407 e. The number of carboxylic acids is 1. The molecule has 0 aromatic heterocycles. The molecule has 0 radical (unpaired) electrons. The molecule has 7 heteroatoms. The Bertz CT molecular complexity index is 1100. The van der Waals surface area contributed by atoms with Gasteiger partial charge in [0.1, 0.15) is 6.61 Å². The number of carbonyl (C=O) groups is 2. The molecule has 0 fully saturated rings. The van der Waals surface area contributed by atoms with Crippen LogP contribution in [0.15, 0.2) is 66.7 Å². The van der Waals surface area contributed by atoms with Gasteiger partial charge in [0, 0.05) is 28.4 Å². The van der Waals surface area contributed by atoms with Gasteiger partial charge in [0.25, 0.3) is 0 Å². The van der Waals surface area contributed by atoms with Gasteiger partial charge in [0.05, 0.1) is 6.04 Å². The molecule has 0 unspecified atom stereocenters. The predicted octanol–water partition coefficient (Wildman–Crippen LogP) is 4.71. The zero-order valence-corrected chi connectivity index (χ0v) is 17.8. The van der Waals surface area contributed by atoms with Crippen LogP contribution in [0.3, 0.4) is 0 Å². The summed E-state index contributed by atoms with van der Waals surface area (Å²) in [5, 5.41) is 14.5. The molecule has 158 valence electrons. The number of hydrogen-bond donors (Lipinski definition) is 1. The number of nitrogens with one attached hydrogen (secondary N) is 1. The fraction of sp³-hybridized carbons (Fsp3) is 0.167. The summed E-state index contributed by atoms with van der Waals surface area (Å²) in [6.45, 7) is 0.117. The van der Waals surface area contributed by atoms with Crippen molar-refractivity contribution in [2.75, 3.05) is 6.61 Å². The number of hydrogen-bond acceptors (Lipinski definition) is 4. The molecule has 1 aliphatic rings. The Balaban J connectivity index is 1.50. The number of carboxylic acid groups (broad SMARTS) is 1. The Hall–Kier alpha value is -3.02. The summed E-state index contributed by atoms with van der Waals surface area (Å²) in [5.74, 6) is -1.42. The Morgan fingerprint density at radius 1 is 0.968 bits per heavy atom. The van der Waals surface area contributed by atoms with Crippen LogP contribution in [-0.4, -0.2) is 18.7 Å². The standard InChI is InChI=1S/C24H19Cl2NO4/c25-14-9-10-19(21(26)11-14)22(12-23(28)29)27-24(30)31-13-20-17-7-3-1-5-15(17)16-6-2-4-8-18(16)20/h1-11,20,22H,12-13H2,(H,27,30)(H,28,29)/p-1/t22-/m0/s1. The molecular formula is C24H18Cl2NO4-. The summed E-state index contributed by atoms with van der Waals surface area (Å²) in [6, 6.07) is 19.7. The fourth-order valence-electron chi connectivity index (χ4n) is 3.97. The molecule has 0 spiro atoms. The molecule has 4 rings (SSSR count). The lowest BCUT2D eigenvalue weighted by Gasteiger charge is -2.22. The third-order valence-electron chi connectivity index (χ3n) is 5.34. The van der Waals surface area contributed by atoms with Crippen LogP contribution in [0.5, 0.6) is 0 Å². The minimum absolute atomic E-state index is 0.100. The van der Waals surface area contributed by atoms with Crippen molar-refractivity contribution in [2.24, 2.45) is 0 Å². The van der Waals surface area contributed by atoms with Crippen LogP contribution in [0.1, 0.15) is 35.1 Å². The quantitative estimate of drug-likeness (QED) is 0.584. The number of aliphatic carboxylic acids is 1. The third kappa shape index (κ3) is 4.53. The van der Waals surface area contributed by atoms with Crippen LogP contribution >= 0.6 is 23.2 Å². The summed E-state index contributed by atoms with van der Waals surface area (Å²) < 4.78 is 5.50. The minimum Gasteiger partial charge on any atom is -0.550 e. The van der Waals surface area contributed by atoms with E-state index < -0.39 is 24.5 Å². The summed E-state index contributed by atoms with van der Waals surface area (Å²) in [4.78, 5) is 23.8. The van der Waals surface area contributed by atoms with Crippen molar-refractivity contribution < 1.29 is 19.4 Å². The van der Waals surface area contributed by atoms with Crippen molar-refractivity contribution in [1.29, 1.82) is 0 Å². The molecule has 3 aromatic rings. The van der Waals surface area contributed by atoms with Crippen LogP contribution in [0, 0.1) is 0 Å². The maximum atomic E-state index is 12.6. The highest BCUT2D eigenvalue weighted by Crippen LogP contribution is 2.44. The van der Waals surface area contributed by atoms with Gasteiger partial charge < -0.3 is 20.0 Å². The maximum absolute atomic E-state index is 12.6. The van der Waals surface area contributed by atoms with Crippen molar-refractivity contribution in [3.8, 4) is 11.1 Å². The van der Waals surface area contributed by atoms with Gasteiger partial charge in [-0.3, -0.25) is 0 Å². The minimum atomic E-state index is -1.32. The van der Waals surface area contributed by atoms with Crippen LogP contribution in [0.4, 0.5) is 4.79 Å². The number of halogens is 2. The highest BCUT2D eigenvalue weighted by Gasteiger charge is 2.29. The van der Waals surface area contributed by atoms with Crippen LogP contribution in [0.25, 0.3) is 11.1 Å². The van der Waals surface area contributed by atoms with E-state index in [9.17, 15) is 14.7 Å². The highest BCUT2D eigenvalue weighted by molar-refractivity contribution is 6.35. The lowest BCUT2D eigenvalue weighted by atomic mass is 9.98. The first kappa shape index (κ1) is 21.2. The van der Waals surface area contributed by atoms with Gasteiger partial charge in [-0.05, 0) is 39.9 Å². The summed E-state index contributed by atoms with van der Waals surface area (Å²) >= 11 is 12.1. The lowest BCUT2D eigenvalue weighted by Crippen LogP contribution is -2.35. The Morgan fingerprint density at radius 2 is 1.58 bits per heavy atom. The number of rotatable bonds is 6. The van der Waals surface area contributed by atoms with E-state index in [1.807, 2.05) is 48.5 Å². The molecule has 0 heterocycles. The number of benzene rings is 3. The van der Waals surface area contributed by atoms with Gasteiger partial charge in [-0.2, -0.15) is 0 Å². The summed E-state index contributed by atoms with van der Waals surface area (Å²) in [6.07, 6.45) is -1.19. The average Bonchev–Trinajstić information content (AvgIpc) is 3.05. The topological polar surface area (TPSA) is 78.5 Å². The first-order chi connectivity index (χ1) is 14.9. The fourth-order valence-corrected chi connectivity index (χ4v) is 4.51. The zero-order valence-electron chi connectivity index (χ0n) is 16.3. The monoisotopic (exact) mass is 454 g/mol. The second kappa shape index (κ2) is 9.00. The van der Waals surface area contributed by atoms with Crippen molar-refractivity contribution in [3.63, 3.8) is 0 Å². The van der Waals surface area contributed by atoms with E-state index in [-0.39, 0.29) is 17.5 Å². The van der Waals surface area contributed by atoms with Gasteiger partial charge in [0.2, 0.25) is 0 Å². The van der Waals surface area contributed by atoms with Gasteiger partial charge in [-0.25, -0.2) is 4.79 Å².